The molecule has 1 aliphatic heterocycles. The van der Waals surface area contributed by atoms with Gasteiger partial charge in [0.05, 0.1) is 33.2 Å². The number of amides is 1. The first-order valence-corrected chi connectivity index (χ1v) is 14.3. The molecule has 0 bridgehead atoms. The van der Waals surface area contributed by atoms with Crippen LogP contribution in [0.4, 0.5) is 20.3 Å². The maximum Gasteiger partial charge on any atom is 0.355 e. The first-order valence-electron chi connectivity index (χ1n) is 13.9. The molecule has 1 aliphatic rings. The third kappa shape index (κ3) is 5.52. The van der Waals surface area contributed by atoms with Crippen LogP contribution in [-0.2, 0) is 4.79 Å². The average molecular weight is 624 g/mol. The second-order valence-corrected chi connectivity index (χ2v) is 11.6. The highest BCUT2D eigenvalue weighted by Crippen LogP contribution is 2.38. The van der Waals surface area contributed by atoms with Crippen molar-refractivity contribution in [1.82, 2.24) is 24.4 Å². The van der Waals surface area contributed by atoms with Crippen LogP contribution in [0.1, 0.15) is 52.3 Å². The van der Waals surface area contributed by atoms with E-state index in [-0.39, 0.29) is 58.9 Å². The Morgan fingerprint density at radius 1 is 1.16 bits per heavy atom. The number of carbonyl (C=O) groups is 1. The molecule has 0 saturated carbocycles. The molecule has 0 unspecified atom stereocenters. The number of nitrogen functional groups attached to an aromatic ring is 1. The van der Waals surface area contributed by atoms with Crippen molar-refractivity contribution in [3.8, 4) is 16.9 Å². The van der Waals surface area contributed by atoms with E-state index in [1.807, 2.05) is 39.5 Å². The van der Waals surface area contributed by atoms with Gasteiger partial charge in [0, 0.05) is 43.0 Å². The van der Waals surface area contributed by atoms with E-state index in [2.05, 4.69) is 16.5 Å². The summed E-state index contributed by atoms with van der Waals surface area (Å²) in [4.78, 5) is 44.0. The third-order valence-corrected chi connectivity index (χ3v) is 8.08. The summed E-state index contributed by atoms with van der Waals surface area (Å²) in [6.45, 7) is 13.9. The van der Waals surface area contributed by atoms with Crippen molar-refractivity contribution in [2.75, 3.05) is 23.7 Å². The normalized spacial score (nSPS) is 16.8. The van der Waals surface area contributed by atoms with E-state index in [1.165, 1.54) is 10.6 Å². The molecule has 0 spiro atoms. The number of hydrogen-bond acceptors (Lipinski definition) is 7. The number of pyridine rings is 2. The Hall–Kier alpha value is -4.38. The average Bonchev–Trinajstić information content (AvgIpc) is 2.95. The summed E-state index contributed by atoms with van der Waals surface area (Å²) < 4.78 is 30.3. The van der Waals surface area contributed by atoms with Gasteiger partial charge in [-0.2, -0.15) is 4.98 Å². The highest BCUT2D eigenvalue weighted by atomic mass is 35.5. The summed E-state index contributed by atoms with van der Waals surface area (Å²) in [5.74, 6) is -1.73. The predicted octanol–water partition coefficient (Wildman–Crippen LogP) is 6.04. The van der Waals surface area contributed by atoms with Gasteiger partial charge in [-0.1, -0.05) is 39.5 Å². The van der Waals surface area contributed by atoms with Crippen LogP contribution in [0.3, 0.4) is 0 Å². The lowest BCUT2D eigenvalue weighted by Crippen LogP contribution is -2.58. The number of benzene rings is 1. The standard InChI is InChI=1S/C31H32ClF2N7O2.CH4/c1-7-24(42)39-13-18(6)40(14-17(39)5)29-21-12-22(32)27(20-10-19(33)11-23(34)25(20)35)37-30(21)41(31(43)38-29)28-16(4)8-9-36-26(28)15(2)3;/h7-12,15,17-18H,1,13-14,35H2,2-6H3;1H4/t17-,18+;/m1./s1. The Labute approximate surface area is 260 Å². The lowest BCUT2D eigenvalue weighted by molar-refractivity contribution is -0.128. The number of nitrogens with zero attached hydrogens (tertiary/aromatic N) is 6. The lowest BCUT2D eigenvalue weighted by atomic mass is 10.0. The molecule has 2 N–H and O–H groups in total. The van der Waals surface area contributed by atoms with E-state index >= 15 is 0 Å². The van der Waals surface area contributed by atoms with Crippen molar-refractivity contribution in [3.05, 3.63) is 81.5 Å². The lowest BCUT2D eigenvalue weighted by Gasteiger charge is -2.44. The quantitative estimate of drug-likeness (QED) is 0.213. The summed E-state index contributed by atoms with van der Waals surface area (Å²) in [5, 5.41) is 0.495. The smallest absolute Gasteiger partial charge is 0.355 e. The van der Waals surface area contributed by atoms with Crippen molar-refractivity contribution in [2.45, 2.75) is 60.0 Å². The van der Waals surface area contributed by atoms with E-state index in [1.54, 1.807) is 23.2 Å². The zero-order valence-corrected chi connectivity index (χ0v) is 25.3. The van der Waals surface area contributed by atoms with Crippen molar-refractivity contribution in [1.29, 1.82) is 0 Å². The van der Waals surface area contributed by atoms with Gasteiger partial charge in [0.15, 0.2) is 5.65 Å². The number of carbonyl (C=O) groups excluding carboxylic acids is 1. The van der Waals surface area contributed by atoms with Crippen LogP contribution in [-0.4, -0.2) is 55.5 Å². The summed E-state index contributed by atoms with van der Waals surface area (Å²) in [7, 11) is 0. The molecule has 44 heavy (non-hydrogen) atoms. The molecule has 232 valence electrons. The van der Waals surface area contributed by atoms with Crippen molar-refractivity contribution in [3.63, 3.8) is 0 Å². The maximum atomic E-state index is 14.5. The van der Waals surface area contributed by atoms with Crippen LogP contribution >= 0.6 is 11.6 Å². The number of fused-ring (bicyclic) bond motifs is 1. The van der Waals surface area contributed by atoms with E-state index in [0.29, 0.717) is 41.7 Å². The minimum absolute atomic E-state index is 0. The molecule has 0 aliphatic carbocycles. The second-order valence-electron chi connectivity index (χ2n) is 11.2. The second kappa shape index (κ2) is 12.3. The van der Waals surface area contributed by atoms with Crippen LogP contribution in [0, 0.1) is 18.6 Å². The number of hydrogen-bond donors (Lipinski definition) is 1. The fourth-order valence-corrected chi connectivity index (χ4v) is 5.88. The van der Waals surface area contributed by atoms with Crippen LogP contribution in [0.2, 0.25) is 5.02 Å². The molecule has 1 aromatic carbocycles. The van der Waals surface area contributed by atoms with Gasteiger partial charge in [-0.15, -0.1) is 0 Å². The first-order chi connectivity index (χ1) is 20.3. The van der Waals surface area contributed by atoms with E-state index in [4.69, 9.17) is 22.3 Å². The Morgan fingerprint density at radius 3 is 2.52 bits per heavy atom. The summed E-state index contributed by atoms with van der Waals surface area (Å²) in [6, 6.07) is 4.65. The molecule has 12 heteroatoms. The van der Waals surface area contributed by atoms with Gasteiger partial charge in [-0.05, 0) is 56.5 Å². The number of aromatic nitrogens is 4. The van der Waals surface area contributed by atoms with Crippen LogP contribution in [0.15, 0.2) is 47.9 Å². The molecule has 9 nitrogen and oxygen atoms in total. The topological polar surface area (TPSA) is 110 Å². The number of rotatable bonds is 5. The van der Waals surface area contributed by atoms with E-state index < -0.39 is 17.3 Å². The number of piperazine rings is 1. The predicted molar refractivity (Wildman–Crippen MR) is 171 cm³/mol. The Kier molecular flexibility index (Phi) is 9.11. The Morgan fingerprint density at radius 2 is 1.86 bits per heavy atom. The number of anilines is 2. The SMILES string of the molecule is C.C=CC(=O)N1C[C@H](C)N(c2nc(=O)n(-c3c(C)ccnc3C(C)C)c3nc(-c4cc(F)cc(F)c4N)c(Cl)cc23)C[C@H]1C. The molecule has 4 aromatic rings. The molecule has 0 radical (unpaired) electrons. The molecule has 1 amide bonds. The van der Waals surface area contributed by atoms with E-state index in [9.17, 15) is 18.4 Å². The fraction of sp³-hybridized carbons (Fsp3) is 0.344. The molecular weight excluding hydrogens is 588 g/mol. The van der Waals surface area contributed by atoms with Gasteiger partial charge in [-0.3, -0.25) is 9.78 Å². The van der Waals surface area contributed by atoms with Crippen molar-refractivity contribution in [2.24, 2.45) is 0 Å². The number of nitrogens with two attached hydrogens (primary N) is 1. The van der Waals surface area contributed by atoms with Gasteiger partial charge in [-0.25, -0.2) is 23.1 Å². The molecule has 1 saturated heterocycles. The van der Waals surface area contributed by atoms with Gasteiger partial charge in [0.1, 0.15) is 17.5 Å². The highest BCUT2D eigenvalue weighted by molar-refractivity contribution is 6.34. The summed E-state index contributed by atoms with van der Waals surface area (Å²) in [6.07, 6.45) is 2.95. The maximum absolute atomic E-state index is 14.5. The van der Waals surface area contributed by atoms with Crippen molar-refractivity contribution >= 4 is 40.0 Å². The molecule has 2 atom stereocenters. The first kappa shape index (κ1) is 32.5. The minimum atomic E-state index is -0.958. The van der Waals surface area contributed by atoms with Gasteiger partial charge in [0.25, 0.3) is 0 Å². The monoisotopic (exact) mass is 623 g/mol. The Bertz CT molecular complexity index is 1840. The van der Waals surface area contributed by atoms with Crippen molar-refractivity contribution < 1.29 is 13.6 Å². The highest BCUT2D eigenvalue weighted by Gasteiger charge is 2.34. The van der Waals surface area contributed by atoms with Gasteiger partial charge in [0.2, 0.25) is 5.91 Å². The molecule has 3 aromatic heterocycles. The molecule has 4 heterocycles. The fourth-order valence-electron chi connectivity index (χ4n) is 5.63. The molecule has 5 rings (SSSR count). The largest absolute Gasteiger partial charge is 0.396 e. The molecule has 1 fully saturated rings. The van der Waals surface area contributed by atoms with Gasteiger partial charge < -0.3 is 15.5 Å². The van der Waals surface area contributed by atoms with E-state index in [0.717, 1.165) is 11.6 Å². The van der Waals surface area contributed by atoms with Crippen LogP contribution in [0.25, 0.3) is 28.0 Å². The van der Waals surface area contributed by atoms with Gasteiger partial charge >= 0.3 is 5.69 Å². The zero-order valence-electron chi connectivity index (χ0n) is 24.5. The summed E-state index contributed by atoms with van der Waals surface area (Å²) in [5.41, 5.74) is 7.09. The number of aryl methyl sites for hydroxylation is 1. The number of halogens is 3. The zero-order chi connectivity index (χ0) is 31.3. The van der Waals surface area contributed by atoms with Crippen LogP contribution in [0.5, 0.6) is 0 Å². The van der Waals surface area contributed by atoms with Crippen LogP contribution < -0.4 is 16.3 Å². The molecular formula is C32H36ClF2N7O2. The summed E-state index contributed by atoms with van der Waals surface area (Å²) >= 11 is 6.75. The Balaban J connectivity index is 0.00000442. The third-order valence-electron chi connectivity index (χ3n) is 7.79. The minimum Gasteiger partial charge on any atom is -0.396 e.